The van der Waals surface area contributed by atoms with Gasteiger partial charge in [0.15, 0.2) is 0 Å². The van der Waals surface area contributed by atoms with Crippen LogP contribution in [0.25, 0.3) is 0 Å². The van der Waals surface area contributed by atoms with Crippen LogP contribution in [-0.4, -0.2) is 31.8 Å². The predicted octanol–water partition coefficient (Wildman–Crippen LogP) is 7.48. The maximum absolute atomic E-state index is 10.7. The summed E-state index contributed by atoms with van der Waals surface area (Å²) < 4.78 is 13.6. The highest BCUT2D eigenvalue weighted by molar-refractivity contribution is 6.73. The summed E-state index contributed by atoms with van der Waals surface area (Å²) in [6, 6.07) is 0. The molecule has 0 unspecified atom stereocenters. The molecule has 31 heavy (non-hydrogen) atoms. The lowest BCUT2D eigenvalue weighted by atomic mass is 10.0. The van der Waals surface area contributed by atoms with Crippen LogP contribution in [-0.2, 0) is 13.6 Å². The molecule has 1 aliphatic heterocycles. The summed E-state index contributed by atoms with van der Waals surface area (Å²) in [6.45, 7) is 21.8. The van der Waals surface area contributed by atoms with Crippen LogP contribution in [0.15, 0.2) is 47.1 Å². The molecule has 0 radical (unpaired) electrons. The summed E-state index contributed by atoms with van der Waals surface area (Å²) in [7, 11) is -2.49. The molecule has 0 amide bonds. The molecule has 0 spiro atoms. The van der Waals surface area contributed by atoms with Crippen molar-refractivity contribution in [3.63, 3.8) is 0 Å². The van der Waals surface area contributed by atoms with E-state index >= 15 is 0 Å². The fraction of sp³-hybridized carbons (Fsp3) is 0.654. The second kappa shape index (κ2) is 10.9. The molecule has 1 rings (SSSR count). The van der Waals surface area contributed by atoms with Crippen LogP contribution in [0.5, 0.6) is 0 Å². The Morgan fingerprint density at radius 3 is 1.90 bits per heavy atom. The van der Waals surface area contributed by atoms with E-state index in [2.05, 4.69) is 67.5 Å². The fourth-order valence-electron chi connectivity index (χ4n) is 4.50. The summed E-state index contributed by atoms with van der Waals surface area (Å²) in [4.78, 5) is 10.7. The lowest BCUT2D eigenvalue weighted by Gasteiger charge is -2.55. The van der Waals surface area contributed by atoms with Crippen molar-refractivity contribution in [3.8, 4) is 0 Å². The molecule has 2 atom stereocenters. The second-order valence-corrected chi connectivity index (χ2v) is 15.6. The zero-order valence-corrected chi connectivity index (χ0v) is 22.3. The topological polar surface area (TPSA) is 55.8 Å². The van der Waals surface area contributed by atoms with E-state index in [0.29, 0.717) is 0 Å². The summed E-state index contributed by atoms with van der Waals surface area (Å²) in [5.74, 6) is -0.933. The first-order valence-corrected chi connectivity index (χ1v) is 13.2. The Morgan fingerprint density at radius 2 is 1.42 bits per heavy atom. The molecule has 0 bridgehead atoms. The number of carboxylic acid groups (broad SMARTS) is 1. The van der Waals surface area contributed by atoms with Crippen molar-refractivity contribution in [3.05, 3.63) is 47.1 Å². The quantitative estimate of drug-likeness (QED) is 0.249. The van der Waals surface area contributed by atoms with E-state index in [-0.39, 0.29) is 22.3 Å². The van der Waals surface area contributed by atoms with Gasteiger partial charge in [0.2, 0.25) is 0 Å². The summed E-state index contributed by atoms with van der Waals surface area (Å²) in [5, 5.41) is 8.72. The number of allylic oxidation sites excluding steroid dienone is 6. The van der Waals surface area contributed by atoms with Gasteiger partial charge in [-0.1, -0.05) is 89.5 Å². The third-order valence-electron chi connectivity index (χ3n) is 5.72. The van der Waals surface area contributed by atoms with E-state index in [1.54, 1.807) is 6.08 Å². The van der Waals surface area contributed by atoms with Gasteiger partial charge < -0.3 is 14.0 Å². The number of hydrogen-bond donors (Lipinski definition) is 1. The summed E-state index contributed by atoms with van der Waals surface area (Å²) in [6.07, 6.45) is 12.4. The number of carbonyl (C=O) groups is 1. The summed E-state index contributed by atoms with van der Waals surface area (Å²) in [5.41, 5.74) is 3.19. The first-order chi connectivity index (χ1) is 14.1. The molecule has 0 aromatic carbocycles. The molecule has 1 N–H and O–H groups in total. The summed E-state index contributed by atoms with van der Waals surface area (Å²) >= 11 is 0. The van der Waals surface area contributed by atoms with Crippen molar-refractivity contribution in [2.45, 2.75) is 111 Å². The van der Waals surface area contributed by atoms with Gasteiger partial charge in [-0.05, 0) is 40.0 Å². The first-order valence-electron chi connectivity index (χ1n) is 11.4. The van der Waals surface area contributed by atoms with E-state index in [1.165, 1.54) is 5.57 Å². The highest BCUT2D eigenvalue weighted by Gasteiger charge is 2.61. The van der Waals surface area contributed by atoms with Gasteiger partial charge in [-0.3, -0.25) is 0 Å². The number of rotatable bonds is 7. The molecule has 5 heteroatoms. The van der Waals surface area contributed by atoms with Gasteiger partial charge in [-0.2, -0.15) is 0 Å². The van der Waals surface area contributed by atoms with Gasteiger partial charge in [0.25, 0.3) is 0 Å². The maximum Gasteiger partial charge on any atom is 0.349 e. The van der Waals surface area contributed by atoms with E-state index < -0.39 is 14.5 Å². The third-order valence-corrected chi connectivity index (χ3v) is 11.0. The Morgan fingerprint density at radius 1 is 0.903 bits per heavy atom. The minimum atomic E-state index is -2.49. The molecular formula is C26H44O4Si. The van der Waals surface area contributed by atoms with Gasteiger partial charge in [0.1, 0.15) is 0 Å². The molecule has 0 saturated carbocycles. The molecule has 0 aromatic heterocycles. The normalized spacial score (nSPS) is 24.0. The molecule has 176 valence electrons. The zero-order valence-electron chi connectivity index (χ0n) is 21.3. The number of hydrogen-bond acceptors (Lipinski definition) is 3. The smallest absolute Gasteiger partial charge is 0.349 e. The van der Waals surface area contributed by atoms with Crippen LogP contribution in [0.4, 0.5) is 0 Å². The fourth-order valence-corrected chi connectivity index (χ4v) is 9.61. The van der Waals surface area contributed by atoms with Gasteiger partial charge in [0.05, 0.1) is 6.10 Å². The lowest BCUT2D eigenvalue weighted by molar-refractivity contribution is -0.131. The molecule has 0 aliphatic carbocycles. The van der Waals surface area contributed by atoms with E-state index in [4.69, 9.17) is 14.0 Å². The maximum atomic E-state index is 10.7. The van der Waals surface area contributed by atoms with Crippen LogP contribution in [0.1, 0.15) is 88.5 Å². The monoisotopic (exact) mass is 448 g/mol. The SMILES string of the molecule is CC[C@H]1C[C@@H](C/C=C(C)/C=C(C)/C=C(C)/C=C/C(=O)O)O[Si](C(C)(C)C)(C(C)(C)C)O1. The molecule has 1 saturated heterocycles. The van der Waals surface area contributed by atoms with Crippen LogP contribution in [0.2, 0.25) is 10.1 Å². The second-order valence-electron chi connectivity index (χ2n) is 10.9. The van der Waals surface area contributed by atoms with Crippen molar-refractivity contribution in [1.29, 1.82) is 0 Å². The van der Waals surface area contributed by atoms with Gasteiger partial charge in [-0.25, -0.2) is 4.79 Å². The van der Waals surface area contributed by atoms with Gasteiger partial charge in [0, 0.05) is 22.3 Å². The predicted molar refractivity (Wildman–Crippen MR) is 133 cm³/mol. The molecule has 1 heterocycles. The van der Waals surface area contributed by atoms with Gasteiger partial charge >= 0.3 is 14.5 Å². The standard InChI is InChI=1S/C26H44O4Si/c1-11-22-18-23(30-31(29-22,25(5,6)7)26(8,9)10)14-12-19(2)16-21(4)17-20(3)13-15-24(27)28/h12-13,15-17,22-23H,11,14,18H2,1-10H3,(H,27,28)/b15-13+,19-12+,20-17+,21-16+/t22-,23+/m0/s1. The first kappa shape index (κ1) is 27.6. The highest BCUT2D eigenvalue weighted by atomic mass is 28.4. The largest absolute Gasteiger partial charge is 0.478 e. The zero-order chi connectivity index (χ0) is 24.0. The minimum absolute atomic E-state index is 0.0155. The van der Waals surface area contributed by atoms with E-state index in [1.807, 2.05) is 19.9 Å². The highest BCUT2D eigenvalue weighted by Crippen LogP contribution is 2.55. The average Bonchev–Trinajstić information content (AvgIpc) is 2.62. The Balaban J connectivity index is 3.03. The lowest BCUT2D eigenvalue weighted by Crippen LogP contribution is -2.63. The van der Waals surface area contributed by atoms with E-state index in [9.17, 15) is 4.79 Å². The molecular weight excluding hydrogens is 404 g/mol. The Labute approximate surface area is 191 Å². The van der Waals surface area contributed by atoms with Crippen molar-refractivity contribution < 1.29 is 18.8 Å². The van der Waals surface area contributed by atoms with Crippen LogP contribution >= 0.6 is 0 Å². The molecule has 1 aliphatic rings. The van der Waals surface area contributed by atoms with Crippen molar-refractivity contribution in [1.82, 2.24) is 0 Å². The van der Waals surface area contributed by atoms with Gasteiger partial charge in [-0.15, -0.1) is 0 Å². The average molecular weight is 449 g/mol. The van der Waals surface area contributed by atoms with Crippen LogP contribution in [0.3, 0.4) is 0 Å². The number of aliphatic carboxylic acids is 1. The molecule has 1 fully saturated rings. The van der Waals surface area contributed by atoms with Crippen LogP contribution in [0, 0.1) is 0 Å². The molecule has 0 aromatic rings. The third kappa shape index (κ3) is 7.89. The van der Waals surface area contributed by atoms with Crippen LogP contribution < -0.4 is 0 Å². The number of carboxylic acids is 1. The molecule has 4 nitrogen and oxygen atoms in total. The van der Waals surface area contributed by atoms with Crippen molar-refractivity contribution in [2.24, 2.45) is 0 Å². The van der Waals surface area contributed by atoms with Crippen molar-refractivity contribution in [2.75, 3.05) is 0 Å². The Hall–Kier alpha value is -1.43. The van der Waals surface area contributed by atoms with E-state index in [0.717, 1.165) is 36.5 Å². The Bertz CT molecular complexity index is 730. The minimum Gasteiger partial charge on any atom is -0.478 e. The Kier molecular flexibility index (Phi) is 9.73. The van der Waals surface area contributed by atoms with Crippen molar-refractivity contribution >= 4 is 14.5 Å².